The van der Waals surface area contributed by atoms with Gasteiger partial charge < -0.3 is 14.9 Å². The summed E-state index contributed by atoms with van der Waals surface area (Å²) in [7, 11) is 0. The number of aliphatic hydroxyl groups is 2. The quantitative estimate of drug-likeness (QED) is 0.831. The van der Waals surface area contributed by atoms with E-state index in [0.29, 0.717) is 13.0 Å². The van der Waals surface area contributed by atoms with Crippen molar-refractivity contribution in [3.05, 3.63) is 51.7 Å². The highest BCUT2D eigenvalue weighted by Crippen LogP contribution is 2.20. The Labute approximate surface area is 122 Å². The van der Waals surface area contributed by atoms with E-state index in [1.165, 1.54) is 0 Å². The number of hydrogen-bond acceptors (Lipinski definition) is 4. The second kappa shape index (κ2) is 7.71. The zero-order chi connectivity index (χ0) is 14.2. The van der Waals surface area contributed by atoms with Crippen LogP contribution in [0.4, 0.5) is 0 Å². The average molecular weight is 288 g/mol. The van der Waals surface area contributed by atoms with E-state index in [0.717, 1.165) is 21.8 Å². The molecule has 0 aliphatic heterocycles. The lowest BCUT2D eigenvalue weighted by Gasteiger charge is -2.06. The van der Waals surface area contributed by atoms with Gasteiger partial charge in [0.05, 0.1) is 18.1 Å². The molecular formula is C16H16O3S. The number of hydrogen-bond donors (Lipinski definition) is 2. The lowest BCUT2D eigenvalue weighted by Crippen LogP contribution is -1.95. The minimum absolute atomic E-state index is 0.00802. The molecule has 0 amide bonds. The summed E-state index contributed by atoms with van der Waals surface area (Å²) in [5, 5.41) is 19.8. The molecule has 1 aromatic carbocycles. The summed E-state index contributed by atoms with van der Waals surface area (Å²) in [5.74, 6) is 6.68. The summed E-state index contributed by atoms with van der Waals surface area (Å²) in [6.45, 7) is 0.542. The van der Waals surface area contributed by atoms with E-state index in [1.807, 2.05) is 35.7 Å². The lowest BCUT2D eigenvalue weighted by atomic mass is 10.2. The Bertz CT molecular complexity index is 607. The Hall–Kier alpha value is -1.80. The van der Waals surface area contributed by atoms with Crippen LogP contribution in [0.15, 0.2) is 35.7 Å². The van der Waals surface area contributed by atoms with Crippen LogP contribution in [0.3, 0.4) is 0 Å². The second-order valence-corrected chi connectivity index (χ2v) is 5.13. The summed E-state index contributed by atoms with van der Waals surface area (Å²) >= 11 is 1.60. The van der Waals surface area contributed by atoms with Crippen molar-refractivity contribution in [1.82, 2.24) is 0 Å². The molecular weight excluding hydrogens is 272 g/mol. The summed E-state index contributed by atoms with van der Waals surface area (Å²) in [4.78, 5) is 1.06. The molecule has 0 saturated heterocycles. The summed E-state index contributed by atoms with van der Waals surface area (Å²) in [5.41, 5.74) is 1.78. The Morgan fingerprint density at radius 3 is 2.90 bits per heavy atom. The van der Waals surface area contributed by atoms with Gasteiger partial charge in [0, 0.05) is 12.0 Å². The SMILES string of the molecule is OCCC#Cc1ccsc1COc1cccc(CO)c1. The number of rotatable bonds is 5. The molecule has 1 heterocycles. The maximum absolute atomic E-state index is 9.09. The monoisotopic (exact) mass is 288 g/mol. The minimum atomic E-state index is 0.00802. The molecule has 3 nitrogen and oxygen atoms in total. The van der Waals surface area contributed by atoms with E-state index in [9.17, 15) is 0 Å². The van der Waals surface area contributed by atoms with E-state index >= 15 is 0 Å². The standard InChI is InChI=1S/C16H16O3S/c17-8-2-1-5-14-7-9-20-16(14)12-19-15-6-3-4-13(10-15)11-18/h3-4,6-7,9-10,17-18H,2,8,11-12H2. The van der Waals surface area contributed by atoms with Crippen molar-refractivity contribution in [2.75, 3.05) is 6.61 Å². The van der Waals surface area contributed by atoms with Crippen LogP contribution in [0.5, 0.6) is 5.75 Å². The third-order valence-electron chi connectivity index (χ3n) is 2.66. The average Bonchev–Trinajstić information content (AvgIpc) is 2.93. The highest BCUT2D eigenvalue weighted by Gasteiger charge is 2.03. The molecule has 0 unspecified atom stereocenters. The first-order valence-electron chi connectivity index (χ1n) is 6.32. The molecule has 2 N–H and O–H groups in total. The first kappa shape index (κ1) is 14.6. The topological polar surface area (TPSA) is 49.7 Å². The Kier molecular flexibility index (Phi) is 5.63. The highest BCUT2D eigenvalue weighted by molar-refractivity contribution is 7.10. The van der Waals surface area contributed by atoms with Crippen LogP contribution >= 0.6 is 11.3 Å². The Morgan fingerprint density at radius 1 is 1.20 bits per heavy atom. The van der Waals surface area contributed by atoms with E-state index in [4.69, 9.17) is 14.9 Å². The lowest BCUT2D eigenvalue weighted by molar-refractivity contribution is 0.278. The maximum Gasteiger partial charge on any atom is 0.124 e. The van der Waals surface area contributed by atoms with Gasteiger partial charge in [0.1, 0.15) is 12.4 Å². The number of ether oxygens (including phenoxy) is 1. The van der Waals surface area contributed by atoms with Gasteiger partial charge in [-0.3, -0.25) is 0 Å². The van der Waals surface area contributed by atoms with Crippen molar-refractivity contribution < 1.29 is 14.9 Å². The van der Waals surface area contributed by atoms with Crippen molar-refractivity contribution in [3.63, 3.8) is 0 Å². The molecule has 0 radical (unpaired) electrons. The molecule has 1 aromatic heterocycles. The van der Waals surface area contributed by atoms with Crippen molar-refractivity contribution >= 4 is 11.3 Å². The summed E-state index contributed by atoms with van der Waals surface area (Å²) < 4.78 is 5.72. The van der Waals surface area contributed by atoms with Crippen LogP contribution in [-0.4, -0.2) is 16.8 Å². The first-order chi connectivity index (χ1) is 9.83. The van der Waals surface area contributed by atoms with Crippen LogP contribution in [0.2, 0.25) is 0 Å². The molecule has 2 rings (SSSR count). The molecule has 104 valence electrons. The summed E-state index contributed by atoms with van der Waals surface area (Å²) in [6.07, 6.45) is 0.481. The van der Waals surface area contributed by atoms with Gasteiger partial charge in [-0.1, -0.05) is 24.0 Å². The smallest absolute Gasteiger partial charge is 0.124 e. The molecule has 2 aromatic rings. The normalized spacial score (nSPS) is 9.90. The fourth-order valence-corrected chi connectivity index (χ4v) is 2.40. The third kappa shape index (κ3) is 4.10. The van der Waals surface area contributed by atoms with Crippen molar-refractivity contribution in [2.24, 2.45) is 0 Å². The minimum Gasteiger partial charge on any atom is -0.488 e. The molecule has 0 aliphatic carbocycles. The fourth-order valence-electron chi connectivity index (χ4n) is 1.66. The van der Waals surface area contributed by atoms with E-state index in [-0.39, 0.29) is 13.2 Å². The second-order valence-electron chi connectivity index (χ2n) is 4.13. The van der Waals surface area contributed by atoms with Gasteiger partial charge in [-0.25, -0.2) is 0 Å². The molecule has 4 heteroatoms. The maximum atomic E-state index is 9.09. The zero-order valence-electron chi connectivity index (χ0n) is 11.0. The first-order valence-corrected chi connectivity index (χ1v) is 7.20. The van der Waals surface area contributed by atoms with Crippen LogP contribution in [-0.2, 0) is 13.2 Å². The van der Waals surface area contributed by atoms with Gasteiger partial charge in [-0.15, -0.1) is 11.3 Å². The van der Waals surface area contributed by atoms with Gasteiger partial charge in [0.25, 0.3) is 0 Å². The molecule has 0 aliphatic rings. The van der Waals surface area contributed by atoms with E-state index < -0.39 is 0 Å². The van der Waals surface area contributed by atoms with Gasteiger partial charge in [-0.2, -0.15) is 0 Å². The van der Waals surface area contributed by atoms with Crippen LogP contribution in [0, 0.1) is 11.8 Å². The molecule has 20 heavy (non-hydrogen) atoms. The van der Waals surface area contributed by atoms with Crippen LogP contribution in [0.1, 0.15) is 22.4 Å². The van der Waals surface area contributed by atoms with Gasteiger partial charge in [-0.05, 0) is 29.1 Å². The predicted octanol–water partition coefficient (Wildman–Crippen LogP) is 2.55. The van der Waals surface area contributed by atoms with Gasteiger partial charge in [0.2, 0.25) is 0 Å². The molecule has 0 bridgehead atoms. The van der Waals surface area contributed by atoms with Gasteiger partial charge in [0.15, 0.2) is 0 Å². The largest absolute Gasteiger partial charge is 0.488 e. The van der Waals surface area contributed by atoms with E-state index in [1.54, 1.807) is 11.3 Å². The number of thiophene rings is 1. The third-order valence-corrected chi connectivity index (χ3v) is 3.55. The van der Waals surface area contributed by atoms with E-state index in [2.05, 4.69) is 11.8 Å². The summed E-state index contributed by atoms with van der Waals surface area (Å²) in [6, 6.07) is 9.35. The van der Waals surface area contributed by atoms with Crippen LogP contribution in [0.25, 0.3) is 0 Å². The molecule has 0 spiro atoms. The van der Waals surface area contributed by atoms with Crippen molar-refractivity contribution in [1.29, 1.82) is 0 Å². The van der Waals surface area contributed by atoms with Gasteiger partial charge >= 0.3 is 0 Å². The van der Waals surface area contributed by atoms with Crippen molar-refractivity contribution in [3.8, 4) is 17.6 Å². The number of benzene rings is 1. The Morgan fingerprint density at radius 2 is 2.10 bits per heavy atom. The molecule has 0 atom stereocenters. The molecule has 0 saturated carbocycles. The zero-order valence-corrected chi connectivity index (χ0v) is 11.8. The Balaban J connectivity index is 2.00. The van der Waals surface area contributed by atoms with Crippen LogP contribution < -0.4 is 4.74 Å². The highest BCUT2D eigenvalue weighted by atomic mass is 32.1. The fraction of sp³-hybridized carbons (Fsp3) is 0.250. The number of aliphatic hydroxyl groups excluding tert-OH is 2. The van der Waals surface area contributed by atoms with Crippen molar-refractivity contribution in [2.45, 2.75) is 19.6 Å². The predicted molar refractivity (Wildman–Crippen MR) is 79.6 cm³/mol. The molecule has 0 fully saturated rings.